The van der Waals surface area contributed by atoms with Crippen molar-refractivity contribution in [3.05, 3.63) is 261 Å². The number of rotatable bonds is 7. The lowest BCUT2D eigenvalue weighted by atomic mass is 9.94. The van der Waals surface area contributed by atoms with Gasteiger partial charge in [0, 0.05) is 54.7 Å². The summed E-state index contributed by atoms with van der Waals surface area (Å²) in [4.78, 5) is 16.3. The van der Waals surface area contributed by atoms with Crippen molar-refractivity contribution >= 4 is 92.6 Å². The van der Waals surface area contributed by atoms with Crippen molar-refractivity contribution in [2.45, 2.75) is 0 Å². The predicted octanol–water partition coefficient (Wildman–Crippen LogP) is 19.2. The molecule has 0 spiro atoms. The topological polar surface area (TPSA) is 61.1 Å². The van der Waals surface area contributed by atoms with Crippen LogP contribution in [-0.4, -0.2) is 23.9 Å². The molecule has 5 aromatic heterocycles. The Bertz CT molecular complexity index is 5250. The van der Waals surface area contributed by atoms with Gasteiger partial charge in [0.1, 0.15) is 11.2 Å². The van der Waals surface area contributed by atoms with Crippen LogP contribution >= 0.6 is 0 Å². The van der Waals surface area contributed by atoms with Gasteiger partial charge in [0.2, 0.25) is 0 Å². The summed E-state index contributed by atoms with van der Waals surface area (Å²) in [6.07, 6.45) is 0. The highest BCUT2D eigenvalue weighted by molar-refractivity contribution is 6.34. The number of fused-ring (bicyclic) bond motifs is 10. The van der Waals surface area contributed by atoms with E-state index in [1.54, 1.807) is 0 Å². The van der Waals surface area contributed by atoms with Gasteiger partial charge in [-0.05, 0) is 128 Å². The van der Waals surface area contributed by atoms with Crippen LogP contribution in [0.4, 0.5) is 0 Å². The summed E-state index contributed by atoms with van der Waals surface area (Å²) in [7, 11) is 0. The van der Waals surface area contributed by atoms with Gasteiger partial charge in [-0.25, -0.2) is 15.0 Å². The third-order valence-electron chi connectivity index (χ3n) is 16.2. The molecule has 0 atom stereocenters. The van der Waals surface area contributed by atoms with Gasteiger partial charge in [-0.1, -0.05) is 182 Å². The van der Waals surface area contributed by atoms with Crippen LogP contribution in [0.3, 0.4) is 0 Å². The van der Waals surface area contributed by atoms with E-state index < -0.39 is 0 Å². The molecule has 0 radical (unpaired) electrons. The van der Waals surface area contributed by atoms with Crippen LogP contribution < -0.4 is 0 Å². The highest BCUT2D eigenvalue weighted by Crippen LogP contribution is 2.48. The smallest absolute Gasteiger partial charge is 0.164 e. The van der Waals surface area contributed by atoms with E-state index in [0.29, 0.717) is 17.5 Å². The van der Waals surface area contributed by atoms with E-state index in [1.165, 1.54) is 26.9 Å². The average molecular weight is 1010 g/mol. The molecular weight excluding hydrogens is 963 g/mol. The van der Waals surface area contributed by atoms with Crippen molar-refractivity contribution in [3.8, 4) is 73.2 Å². The maximum atomic E-state index is 6.86. The third-order valence-corrected chi connectivity index (χ3v) is 16.2. The van der Waals surface area contributed by atoms with Gasteiger partial charge < -0.3 is 13.4 Å². The minimum atomic E-state index is 0.587. The first kappa shape index (κ1) is 43.5. The van der Waals surface area contributed by atoms with E-state index in [9.17, 15) is 0 Å². The van der Waals surface area contributed by atoms with Crippen molar-refractivity contribution in [1.29, 1.82) is 0 Å². The molecule has 6 heteroatoms. The number of furan rings is 1. The Morgan fingerprint density at radius 3 is 1.51 bits per heavy atom. The maximum Gasteiger partial charge on any atom is 0.164 e. The van der Waals surface area contributed by atoms with Crippen LogP contribution in [0.25, 0.3) is 166 Å². The van der Waals surface area contributed by atoms with Crippen molar-refractivity contribution < 1.29 is 4.42 Å². The molecule has 0 saturated carbocycles. The highest BCUT2D eigenvalue weighted by atomic mass is 16.3. The molecule has 0 aliphatic heterocycles. The largest absolute Gasteiger partial charge is 0.456 e. The zero-order chi connectivity index (χ0) is 51.7. The summed E-state index contributed by atoms with van der Waals surface area (Å²) in [6.45, 7) is 0. The first-order valence-corrected chi connectivity index (χ1v) is 26.8. The molecular formula is C73H43N5O. The summed E-state index contributed by atoms with van der Waals surface area (Å²) in [5.74, 6) is 1.77. The monoisotopic (exact) mass is 1010 g/mol. The molecule has 12 aromatic carbocycles. The first-order valence-electron chi connectivity index (χ1n) is 26.8. The van der Waals surface area contributed by atoms with Gasteiger partial charge in [-0.15, -0.1) is 0 Å². The Morgan fingerprint density at radius 1 is 0.278 bits per heavy atom. The summed E-state index contributed by atoms with van der Waals surface area (Å²) in [5.41, 5.74) is 17.8. The van der Waals surface area contributed by atoms with Crippen LogP contribution in [0, 0.1) is 0 Å². The van der Waals surface area contributed by atoms with Crippen LogP contribution in [0.1, 0.15) is 0 Å². The van der Waals surface area contributed by atoms with Crippen molar-refractivity contribution in [1.82, 2.24) is 23.9 Å². The van der Waals surface area contributed by atoms with E-state index in [-0.39, 0.29) is 0 Å². The fourth-order valence-electron chi connectivity index (χ4n) is 12.7. The molecule has 17 rings (SSSR count). The standard InChI is InChI=1S/C73H43N5O/c1-4-17-44(18-5-1)51-39-52(45-19-6-2-7-20-45)41-53(40-51)73-75-71(74-72(76-73)49-35-36-57-55-23-10-13-27-61(55)77(64(57)42-49)54-21-8-3-9-22-54)48-34-32-46-31-33-47(37-50(46)38-48)60-43-66-69-68-58(26-16-30-65(68)79-66)56-24-11-14-28-62(56)78-63-29-15-12-25-59(63)67(60)70(69)78/h1-43H. The van der Waals surface area contributed by atoms with E-state index in [1.807, 2.05) is 0 Å². The Labute approximate surface area is 452 Å². The fourth-order valence-corrected chi connectivity index (χ4v) is 12.7. The second-order valence-electron chi connectivity index (χ2n) is 20.7. The number of benzene rings is 12. The molecule has 79 heavy (non-hydrogen) atoms. The Hall–Kier alpha value is -10.7. The summed E-state index contributed by atoms with van der Waals surface area (Å²) < 4.78 is 11.7. The van der Waals surface area contributed by atoms with Gasteiger partial charge in [-0.2, -0.15) is 0 Å². The molecule has 17 aromatic rings. The zero-order valence-corrected chi connectivity index (χ0v) is 42.5. The van der Waals surface area contributed by atoms with E-state index >= 15 is 0 Å². The van der Waals surface area contributed by atoms with Crippen molar-refractivity contribution in [2.24, 2.45) is 0 Å². The maximum absolute atomic E-state index is 6.86. The Morgan fingerprint density at radius 2 is 0.797 bits per heavy atom. The zero-order valence-electron chi connectivity index (χ0n) is 42.5. The van der Waals surface area contributed by atoms with Crippen LogP contribution in [0.15, 0.2) is 265 Å². The molecule has 0 fully saturated rings. The average Bonchev–Trinajstić information content (AvgIpc) is 3.95. The Balaban J connectivity index is 0.891. The lowest BCUT2D eigenvalue weighted by molar-refractivity contribution is 0.669. The Kier molecular flexibility index (Phi) is 9.32. The molecule has 0 aliphatic carbocycles. The minimum absolute atomic E-state index is 0.587. The van der Waals surface area contributed by atoms with E-state index in [0.717, 1.165) is 121 Å². The predicted molar refractivity (Wildman–Crippen MR) is 326 cm³/mol. The van der Waals surface area contributed by atoms with Gasteiger partial charge in [0.15, 0.2) is 17.5 Å². The number of aromatic nitrogens is 5. The lowest BCUT2D eigenvalue weighted by Crippen LogP contribution is -2.01. The van der Waals surface area contributed by atoms with Gasteiger partial charge >= 0.3 is 0 Å². The van der Waals surface area contributed by atoms with Gasteiger partial charge in [0.25, 0.3) is 0 Å². The number of nitrogens with zero attached hydrogens (tertiary/aromatic N) is 5. The minimum Gasteiger partial charge on any atom is -0.456 e. The highest BCUT2D eigenvalue weighted by Gasteiger charge is 2.25. The summed E-state index contributed by atoms with van der Waals surface area (Å²) in [6, 6.07) is 93.3. The molecule has 0 unspecified atom stereocenters. The lowest BCUT2D eigenvalue weighted by Gasteiger charge is -2.13. The summed E-state index contributed by atoms with van der Waals surface area (Å²) in [5, 5.41) is 11.6. The van der Waals surface area contributed by atoms with Crippen LogP contribution in [0.5, 0.6) is 0 Å². The molecule has 0 saturated heterocycles. The number of hydrogen-bond donors (Lipinski definition) is 0. The molecule has 6 nitrogen and oxygen atoms in total. The van der Waals surface area contributed by atoms with Crippen molar-refractivity contribution in [2.75, 3.05) is 0 Å². The SMILES string of the molecule is c1ccc(-c2cc(-c3ccccc3)cc(-c3nc(-c4ccc5ccc(-c6cc7oc8cccc9c%10ccccc%10n%10c%11ccccc%11c6c%10c7c89)cc5c4)nc(-c4ccc5c6ccccc6n(-c6ccccc6)c5c4)n3)c2)cc1. The van der Waals surface area contributed by atoms with Crippen LogP contribution in [-0.2, 0) is 0 Å². The molecule has 0 amide bonds. The van der Waals surface area contributed by atoms with Gasteiger partial charge in [-0.3, -0.25) is 0 Å². The number of hydrogen-bond acceptors (Lipinski definition) is 4. The molecule has 5 heterocycles. The van der Waals surface area contributed by atoms with Gasteiger partial charge in [0.05, 0.1) is 33.0 Å². The fraction of sp³-hybridized carbons (Fsp3) is 0. The summed E-state index contributed by atoms with van der Waals surface area (Å²) >= 11 is 0. The molecule has 366 valence electrons. The quantitative estimate of drug-likeness (QED) is 0.160. The van der Waals surface area contributed by atoms with Crippen molar-refractivity contribution in [3.63, 3.8) is 0 Å². The number of para-hydroxylation sites is 4. The van der Waals surface area contributed by atoms with Crippen LogP contribution in [0.2, 0.25) is 0 Å². The second kappa shape index (κ2) is 16.9. The second-order valence-corrected chi connectivity index (χ2v) is 20.7. The van der Waals surface area contributed by atoms with E-state index in [4.69, 9.17) is 19.4 Å². The molecule has 0 aliphatic rings. The first-order chi connectivity index (χ1) is 39.1. The molecule has 0 N–H and O–H groups in total. The molecule has 0 bridgehead atoms. The third kappa shape index (κ3) is 6.68. The normalized spacial score (nSPS) is 12.1. The van der Waals surface area contributed by atoms with E-state index in [2.05, 4.69) is 270 Å².